The van der Waals surface area contributed by atoms with Crippen molar-refractivity contribution in [1.29, 1.82) is 0 Å². The van der Waals surface area contributed by atoms with Crippen LogP contribution < -0.4 is 15.7 Å². The predicted octanol–water partition coefficient (Wildman–Crippen LogP) is 7.47. The number of H-pyrrole nitrogens is 2. The number of thiazole rings is 2. The summed E-state index contributed by atoms with van der Waals surface area (Å²) in [5.74, 6) is -3.01. The van der Waals surface area contributed by atoms with Gasteiger partial charge in [0.1, 0.15) is 21.7 Å². The van der Waals surface area contributed by atoms with E-state index in [1.807, 2.05) is 84.4 Å². The summed E-state index contributed by atoms with van der Waals surface area (Å²) < 4.78 is 33.3. The zero-order valence-corrected chi connectivity index (χ0v) is 39.0. The van der Waals surface area contributed by atoms with E-state index >= 15 is 0 Å². The minimum absolute atomic E-state index is 0.117. The molecule has 2 aliphatic rings. The number of aryl methyl sites for hydroxylation is 2. The zero-order valence-electron chi connectivity index (χ0n) is 34.2. The van der Waals surface area contributed by atoms with Crippen LogP contribution in [0.1, 0.15) is 32.3 Å². The number of alkyl halides is 3. The van der Waals surface area contributed by atoms with Crippen LogP contribution in [0, 0.1) is 13.8 Å². The van der Waals surface area contributed by atoms with E-state index in [2.05, 4.69) is 87.8 Å². The number of carbonyl (C=O) groups excluding carboxylic acids is 3. The maximum atomic E-state index is 12.9. The van der Waals surface area contributed by atoms with Gasteiger partial charge in [-0.1, -0.05) is 24.3 Å². The number of pyridine rings is 2. The lowest BCUT2D eigenvalue weighted by atomic mass is 9.99. The fourth-order valence-electron chi connectivity index (χ4n) is 6.93. The molecule has 0 aliphatic carbocycles. The Morgan fingerprint density at radius 3 is 2.02 bits per heavy atom. The molecule has 2 aromatic carbocycles. The maximum absolute atomic E-state index is 12.9. The summed E-state index contributed by atoms with van der Waals surface area (Å²) in [6.45, 7) is 7.30. The molecule has 16 nitrogen and oxygen atoms in total. The van der Waals surface area contributed by atoms with E-state index in [9.17, 15) is 22.8 Å². The molecule has 0 fully saturated rings. The van der Waals surface area contributed by atoms with Crippen molar-refractivity contribution in [3.05, 3.63) is 113 Å². The Hall–Kier alpha value is -6.23. The number of quaternary nitrogens is 1. The first-order valence-electron chi connectivity index (χ1n) is 19.5. The molecule has 2 aliphatic heterocycles. The number of nitrogens with zero attached hydrogens (tertiary/aromatic N) is 8. The van der Waals surface area contributed by atoms with Crippen LogP contribution in [0.3, 0.4) is 0 Å². The number of nitrogens with two attached hydrogens (primary N) is 1. The van der Waals surface area contributed by atoms with Crippen LogP contribution in [0.2, 0.25) is 0 Å². The Bertz CT molecular complexity index is 3060. The van der Waals surface area contributed by atoms with Gasteiger partial charge < -0.3 is 25.4 Å². The third-order valence-electron chi connectivity index (χ3n) is 9.91. The van der Waals surface area contributed by atoms with Crippen molar-refractivity contribution in [2.75, 3.05) is 18.4 Å². The van der Waals surface area contributed by atoms with Gasteiger partial charge in [-0.2, -0.15) is 28.4 Å². The molecule has 0 unspecified atom stereocenters. The minimum Gasteiger partial charge on any atom is -0.542 e. The van der Waals surface area contributed by atoms with E-state index in [1.54, 1.807) is 28.7 Å². The third kappa shape index (κ3) is 11.5. The van der Waals surface area contributed by atoms with Gasteiger partial charge >= 0.3 is 12.2 Å². The van der Waals surface area contributed by atoms with E-state index in [-0.39, 0.29) is 6.03 Å². The SMILES string of the molecule is Brc1[nH]nc2ncc3c(c12)CC[NH2+]C3.Cc1nc(-c2cccc(N=C=O)c2)cs1.Cc1nc(-c2cccc(NC(=O)N3CCc4c(cnc5n[nH]c(Br)c45)C3)c2)cs1.O=C([O-])C(F)(F)F. The number of carbonyl (C=O) groups is 2. The maximum Gasteiger partial charge on any atom is 0.430 e. The van der Waals surface area contributed by atoms with Crippen LogP contribution >= 0.6 is 54.5 Å². The van der Waals surface area contributed by atoms with Crippen molar-refractivity contribution >= 4 is 106 Å². The molecule has 65 heavy (non-hydrogen) atoms. The lowest BCUT2D eigenvalue weighted by Gasteiger charge is -2.29. The molecule has 2 amide bonds. The average Bonchev–Trinajstić information content (AvgIpc) is 4.12. The second-order valence-corrected chi connectivity index (χ2v) is 18.0. The first-order valence-corrected chi connectivity index (χ1v) is 22.8. The lowest BCUT2D eigenvalue weighted by molar-refractivity contribution is -0.673. The van der Waals surface area contributed by atoms with E-state index in [1.165, 1.54) is 22.8 Å². The van der Waals surface area contributed by atoms with Crippen LogP contribution in [-0.4, -0.2) is 82.6 Å². The topological polar surface area (TPSA) is 227 Å². The summed E-state index contributed by atoms with van der Waals surface area (Å²) in [6, 6.07) is 15.0. The van der Waals surface area contributed by atoms with Gasteiger partial charge in [-0.05, 0) is 93.1 Å². The lowest BCUT2D eigenvalue weighted by Crippen LogP contribution is -2.84. The summed E-state index contributed by atoms with van der Waals surface area (Å²) in [6.07, 6.45) is 1.96. The molecule has 0 atom stereocenters. The smallest absolute Gasteiger partial charge is 0.430 e. The van der Waals surface area contributed by atoms with Gasteiger partial charge in [0.2, 0.25) is 6.08 Å². The minimum atomic E-state index is -5.19. The van der Waals surface area contributed by atoms with Gasteiger partial charge in [0.05, 0.1) is 44.4 Å². The fourth-order valence-corrected chi connectivity index (χ4v) is 9.19. The number of carboxylic acid groups (broad SMARTS) is 1. The monoisotopic (exact) mass is 1050 g/mol. The Morgan fingerprint density at radius 2 is 1.45 bits per heavy atom. The van der Waals surface area contributed by atoms with Crippen molar-refractivity contribution in [1.82, 2.24) is 45.2 Å². The molecule has 8 aromatic rings. The number of rotatable bonds is 4. The largest absolute Gasteiger partial charge is 0.542 e. The molecule has 0 radical (unpaired) electrons. The third-order valence-corrected chi connectivity index (χ3v) is 12.6. The number of anilines is 1. The van der Waals surface area contributed by atoms with E-state index < -0.39 is 12.1 Å². The quantitative estimate of drug-likeness (QED) is 0.100. The van der Waals surface area contributed by atoms with E-state index in [0.717, 1.165) is 95.3 Å². The fraction of sp³-hybridized carbons (Fsp3) is 0.214. The number of halogens is 5. The highest BCUT2D eigenvalue weighted by Gasteiger charge is 2.29. The summed E-state index contributed by atoms with van der Waals surface area (Å²) in [5, 5.41) is 36.5. The van der Waals surface area contributed by atoms with Crippen LogP contribution in [0.4, 0.5) is 29.3 Å². The zero-order chi connectivity index (χ0) is 46.3. The number of aromatic nitrogens is 8. The van der Waals surface area contributed by atoms with Crippen molar-refractivity contribution in [2.24, 2.45) is 4.99 Å². The number of fused-ring (bicyclic) bond motifs is 6. The Kier molecular flexibility index (Phi) is 14.9. The van der Waals surface area contributed by atoms with Crippen molar-refractivity contribution < 1.29 is 38.0 Å². The van der Waals surface area contributed by atoms with Gasteiger partial charge in [0.15, 0.2) is 11.3 Å². The molecule has 0 bridgehead atoms. The number of hydrogen-bond donors (Lipinski definition) is 4. The number of isocyanates is 1. The first-order chi connectivity index (χ1) is 31.2. The van der Waals surface area contributed by atoms with Gasteiger partial charge in [-0.3, -0.25) is 10.2 Å². The van der Waals surface area contributed by atoms with Gasteiger partial charge in [0.25, 0.3) is 0 Å². The number of carboxylic acids is 1. The number of aliphatic imine (C=N–C) groups is 1. The Labute approximate surface area is 392 Å². The second-order valence-electron chi connectivity index (χ2n) is 14.3. The number of hydrogen-bond acceptors (Lipinski definition) is 13. The highest BCUT2D eigenvalue weighted by molar-refractivity contribution is 9.10. The summed E-state index contributed by atoms with van der Waals surface area (Å²) in [5.41, 5.74) is 11.7. The second kappa shape index (κ2) is 20.7. The van der Waals surface area contributed by atoms with Gasteiger partial charge in [0, 0.05) is 65.0 Å². The molecule has 0 saturated heterocycles. The van der Waals surface area contributed by atoms with Gasteiger partial charge in [-0.15, -0.1) is 22.7 Å². The van der Waals surface area contributed by atoms with Crippen LogP contribution in [-0.2, 0) is 35.5 Å². The number of aromatic amines is 2. The number of aliphatic carboxylic acids is 1. The van der Waals surface area contributed by atoms with Crippen LogP contribution in [0.5, 0.6) is 0 Å². The van der Waals surface area contributed by atoms with Crippen molar-refractivity contribution in [2.45, 2.75) is 46.0 Å². The van der Waals surface area contributed by atoms with Crippen molar-refractivity contribution in [3.63, 3.8) is 0 Å². The first kappa shape index (κ1) is 46.8. The number of urea groups is 1. The summed E-state index contributed by atoms with van der Waals surface area (Å²) >= 11 is 10.2. The number of benzene rings is 2. The molecule has 23 heteroatoms. The van der Waals surface area contributed by atoms with Gasteiger partial charge in [-0.25, -0.2) is 29.5 Å². The Morgan fingerprint density at radius 1 is 0.877 bits per heavy atom. The molecule has 0 spiro atoms. The normalized spacial score (nSPS) is 12.9. The highest BCUT2D eigenvalue weighted by Crippen LogP contribution is 2.31. The molecular weight excluding hydrogens is 1020 g/mol. The van der Waals surface area contributed by atoms with Crippen LogP contribution in [0.25, 0.3) is 44.6 Å². The highest BCUT2D eigenvalue weighted by atomic mass is 79.9. The molecular formula is C42H35Br2F3N12O4S2. The molecule has 6 aromatic heterocycles. The number of nitrogens with one attached hydrogen (secondary N) is 3. The summed E-state index contributed by atoms with van der Waals surface area (Å²) in [4.78, 5) is 54.8. The molecule has 10 rings (SSSR count). The molecule has 5 N–H and O–H groups in total. The number of amides is 2. The molecule has 8 heterocycles. The van der Waals surface area contributed by atoms with Crippen LogP contribution in [0.15, 0.2) is 85.9 Å². The average molecular weight is 1050 g/mol. The van der Waals surface area contributed by atoms with Crippen molar-refractivity contribution in [3.8, 4) is 22.5 Å². The van der Waals surface area contributed by atoms with E-state index in [0.29, 0.717) is 24.4 Å². The summed E-state index contributed by atoms with van der Waals surface area (Å²) in [7, 11) is 0. The standard InChI is InChI=1S/C20H17BrN6OS.C11H8N2OS.C9H9BrN4.C2HF3O2/c1-11-23-16(10-29-11)12-3-2-4-14(7-12)24-20(28)27-6-5-15-13(9-27)8-22-19-17(15)18(21)25-26-19;1-8-13-11(6-15-8)9-3-2-4-10(5-9)12-7-14;10-8-7-6-1-2-11-3-5(6)4-12-9(7)14-13-8;3-2(4,5)1(6)7/h2-4,7-8,10H,5-6,9H2,1H3,(H,24,28)(H,22,25,26);2-6H,1H3;4,11H,1-3H2,(H,12,13,14);(H,6,7). The molecule has 334 valence electrons. The predicted molar refractivity (Wildman–Crippen MR) is 244 cm³/mol. The van der Waals surface area contributed by atoms with E-state index in [4.69, 9.17) is 9.90 Å². The Balaban J connectivity index is 0.000000147. The molecule has 0 saturated carbocycles.